The summed E-state index contributed by atoms with van der Waals surface area (Å²) in [6.07, 6.45) is 3.02. The molecule has 0 spiro atoms. The highest BCUT2D eigenvalue weighted by molar-refractivity contribution is 7.99. The Hall–Kier alpha value is -2.68. The van der Waals surface area contributed by atoms with Crippen LogP contribution >= 0.6 is 11.8 Å². The summed E-state index contributed by atoms with van der Waals surface area (Å²) in [5.74, 6) is 0.239. The van der Waals surface area contributed by atoms with Gasteiger partial charge in [-0.05, 0) is 24.3 Å². The Morgan fingerprint density at radius 3 is 2.69 bits per heavy atom. The largest absolute Gasteiger partial charge is 0.467 e. The first-order valence-corrected chi connectivity index (χ1v) is 9.00. The maximum Gasteiger partial charge on any atom is 0.330 e. The van der Waals surface area contributed by atoms with Gasteiger partial charge >= 0.3 is 5.97 Å². The number of carbonyl (C=O) groups is 3. The van der Waals surface area contributed by atoms with Gasteiger partial charge in [0.25, 0.3) is 5.91 Å². The SMILES string of the molecule is CC(=O)N1[C@@H](C(=O)OCC(=O)NCc2ccco2)CS[C@H]1c1ccco1. The molecule has 1 saturated heterocycles. The molecule has 2 aromatic rings. The van der Waals surface area contributed by atoms with E-state index >= 15 is 0 Å². The molecule has 0 aliphatic carbocycles. The van der Waals surface area contributed by atoms with Crippen molar-refractivity contribution in [1.82, 2.24) is 10.2 Å². The molecule has 0 bridgehead atoms. The van der Waals surface area contributed by atoms with Crippen LogP contribution in [0.2, 0.25) is 0 Å². The molecule has 8 nitrogen and oxygen atoms in total. The number of thioether (sulfide) groups is 1. The van der Waals surface area contributed by atoms with E-state index in [4.69, 9.17) is 13.6 Å². The lowest BCUT2D eigenvalue weighted by molar-refractivity contribution is -0.156. The van der Waals surface area contributed by atoms with Crippen LogP contribution in [-0.2, 0) is 25.7 Å². The van der Waals surface area contributed by atoms with Crippen LogP contribution in [-0.4, -0.2) is 41.1 Å². The zero-order chi connectivity index (χ0) is 18.5. The fourth-order valence-electron chi connectivity index (χ4n) is 2.61. The summed E-state index contributed by atoms with van der Waals surface area (Å²) in [4.78, 5) is 37.6. The molecule has 0 unspecified atom stereocenters. The molecule has 138 valence electrons. The number of furan rings is 2. The van der Waals surface area contributed by atoms with Crippen molar-refractivity contribution < 1.29 is 28.0 Å². The summed E-state index contributed by atoms with van der Waals surface area (Å²) in [5.41, 5.74) is 0. The van der Waals surface area contributed by atoms with Gasteiger partial charge in [-0.15, -0.1) is 11.8 Å². The average molecular weight is 378 g/mol. The van der Waals surface area contributed by atoms with Crippen LogP contribution in [0.1, 0.15) is 23.8 Å². The van der Waals surface area contributed by atoms with Crippen molar-refractivity contribution in [3.8, 4) is 0 Å². The van der Waals surface area contributed by atoms with Gasteiger partial charge in [0.15, 0.2) is 6.61 Å². The van der Waals surface area contributed by atoms with E-state index in [-0.39, 0.29) is 17.8 Å². The number of esters is 1. The van der Waals surface area contributed by atoms with Crippen molar-refractivity contribution in [2.45, 2.75) is 24.9 Å². The second kappa shape index (κ2) is 8.13. The van der Waals surface area contributed by atoms with Crippen molar-refractivity contribution in [2.75, 3.05) is 12.4 Å². The van der Waals surface area contributed by atoms with Gasteiger partial charge in [0.2, 0.25) is 5.91 Å². The van der Waals surface area contributed by atoms with Crippen LogP contribution < -0.4 is 5.32 Å². The highest BCUT2D eigenvalue weighted by Gasteiger charge is 2.43. The van der Waals surface area contributed by atoms with Gasteiger partial charge in [-0.1, -0.05) is 0 Å². The molecule has 1 aliphatic heterocycles. The summed E-state index contributed by atoms with van der Waals surface area (Å²) in [6.45, 7) is 1.18. The molecule has 1 N–H and O–H groups in total. The van der Waals surface area contributed by atoms with Gasteiger partial charge in [0.05, 0.1) is 19.1 Å². The van der Waals surface area contributed by atoms with Gasteiger partial charge in [-0.2, -0.15) is 0 Å². The number of nitrogens with zero attached hydrogens (tertiary/aromatic N) is 1. The second-order valence-corrected chi connectivity index (χ2v) is 6.72. The molecule has 2 amide bonds. The maximum atomic E-state index is 12.4. The van der Waals surface area contributed by atoms with E-state index in [1.54, 1.807) is 24.3 Å². The Morgan fingerprint density at radius 2 is 2.04 bits per heavy atom. The van der Waals surface area contributed by atoms with E-state index < -0.39 is 24.5 Å². The number of ether oxygens (including phenoxy) is 1. The van der Waals surface area contributed by atoms with E-state index in [0.717, 1.165) is 0 Å². The monoisotopic (exact) mass is 378 g/mol. The van der Waals surface area contributed by atoms with Crippen molar-refractivity contribution in [1.29, 1.82) is 0 Å². The molecule has 0 radical (unpaired) electrons. The highest BCUT2D eigenvalue weighted by Crippen LogP contribution is 2.41. The second-order valence-electron chi connectivity index (χ2n) is 5.61. The maximum absolute atomic E-state index is 12.4. The minimum absolute atomic E-state index is 0.211. The molecule has 2 atom stereocenters. The Kier molecular flexibility index (Phi) is 5.67. The van der Waals surface area contributed by atoms with Gasteiger partial charge in [0, 0.05) is 12.7 Å². The summed E-state index contributed by atoms with van der Waals surface area (Å²) in [7, 11) is 0. The van der Waals surface area contributed by atoms with Crippen molar-refractivity contribution in [3.05, 3.63) is 48.3 Å². The van der Waals surface area contributed by atoms with Crippen molar-refractivity contribution in [3.63, 3.8) is 0 Å². The van der Waals surface area contributed by atoms with Crippen LogP contribution in [0.15, 0.2) is 45.6 Å². The van der Waals surface area contributed by atoms with E-state index in [9.17, 15) is 14.4 Å². The van der Waals surface area contributed by atoms with E-state index in [0.29, 0.717) is 17.3 Å². The number of nitrogens with one attached hydrogen (secondary N) is 1. The summed E-state index contributed by atoms with van der Waals surface area (Å²) >= 11 is 1.41. The molecule has 9 heteroatoms. The summed E-state index contributed by atoms with van der Waals surface area (Å²) in [6, 6.07) is 6.16. The quantitative estimate of drug-likeness (QED) is 0.763. The van der Waals surface area contributed by atoms with Gasteiger partial charge in [-0.3, -0.25) is 9.59 Å². The molecule has 3 heterocycles. The van der Waals surface area contributed by atoms with Crippen LogP contribution in [0.25, 0.3) is 0 Å². The van der Waals surface area contributed by atoms with Gasteiger partial charge in [-0.25, -0.2) is 4.79 Å². The third kappa shape index (κ3) is 4.10. The fourth-order valence-corrected chi connectivity index (χ4v) is 4.02. The first-order chi connectivity index (χ1) is 12.6. The first-order valence-electron chi connectivity index (χ1n) is 7.96. The third-order valence-corrected chi connectivity index (χ3v) is 5.09. The molecular weight excluding hydrogens is 360 g/mol. The Morgan fingerprint density at radius 1 is 1.27 bits per heavy atom. The molecule has 26 heavy (non-hydrogen) atoms. The molecular formula is C17H18N2O6S. The van der Waals surface area contributed by atoms with Gasteiger partial charge < -0.3 is 23.8 Å². The molecule has 0 saturated carbocycles. The summed E-state index contributed by atoms with van der Waals surface area (Å²) < 4.78 is 15.5. The predicted octanol–water partition coefficient (Wildman–Crippen LogP) is 1.69. The minimum atomic E-state index is -0.759. The smallest absolute Gasteiger partial charge is 0.330 e. The van der Waals surface area contributed by atoms with Gasteiger partial charge in [0.1, 0.15) is 22.9 Å². The molecule has 2 aromatic heterocycles. The number of carbonyl (C=O) groups excluding carboxylic acids is 3. The predicted molar refractivity (Wildman–Crippen MR) is 91.7 cm³/mol. The van der Waals surface area contributed by atoms with E-state index in [2.05, 4.69) is 5.32 Å². The van der Waals surface area contributed by atoms with Crippen molar-refractivity contribution >= 4 is 29.5 Å². The van der Waals surface area contributed by atoms with Crippen LogP contribution in [0.3, 0.4) is 0 Å². The standard InChI is InChI=1S/C17H18N2O6S/c1-11(20)19-13(10-26-16(19)14-5-3-7-24-14)17(22)25-9-15(21)18-8-12-4-2-6-23-12/h2-7,13,16H,8-10H2,1H3,(H,18,21)/t13-,16+/m1/s1. The van der Waals surface area contributed by atoms with Crippen LogP contribution in [0.5, 0.6) is 0 Å². The number of hydrogen-bond acceptors (Lipinski definition) is 7. The van der Waals surface area contributed by atoms with E-state index in [1.807, 2.05) is 0 Å². The normalized spacial score (nSPS) is 19.3. The number of rotatable bonds is 6. The lowest BCUT2D eigenvalue weighted by atomic mass is 10.2. The Labute approximate surface area is 153 Å². The van der Waals surface area contributed by atoms with Crippen molar-refractivity contribution in [2.24, 2.45) is 0 Å². The number of hydrogen-bond donors (Lipinski definition) is 1. The lowest BCUT2D eigenvalue weighted by Gasteiger charge is -2.25. The van der Waals surface area contributed by atoms with E-state index in [1.165, 1.54) is 36.1 Å². The topological polar surface area (TPSA) is 102 Å². The Bertz CT molecular complexity index is 758. The van der Waals surface area contributed by atoms with Crippen LogP contribution in [0, 0.1) is 0 Å². The summed E-state index contributed by atoms with van der Waals surface area (Å²) in [5, 5.41) is 2.20. The highest BCUT2D eigenvalue weighted by atomic mass is 32.2. The molecule has 1 fully saturated rings. The Balaban J connectivity index is 1.53. The minimum Gasteiger partial charge on any atom is -0.467 e. The fraction of sp³-hybridized carbons (Fsp3) is 0.353. The molecule has 3 rings (SSSR count). The van der Waals surface area contributed by atoms with Crippen LogP contribution in [0.4, 0.5) is 0 Å². The molecule has 0 aromatic carbocycles. The number of amides is 2. The first kappa shape index (κ1) is 18.1. The zero-order valence-electron chi connectivity index (χ0n) is 14.0. The molecule has 1 aliphatic rings. The average Bonchev–Trinajstić information content (AvgIpc) is 3.37. The zero-order valence-corrected chi connectivity index (χ0v) is 14.9. The lowest BCUT2D eigenvalue weighted by Crippen LogP contribution is -2.43. The third-order valence-electron chi connectivity index (χ3n) is 3.81.